The van der Waals surface area contributed by atoms with Crippen molar-refractivity contribution in [1.29, 1.82) is 0 Å². The zero-order valence-corrected chi connectivity index (χ0v) is 10.1. The van der Waals surface area contributed by atoms with Crippen LogP contribution in [0, 0.1) is 0 Å². The smallest absolute Gasteiger partial charge is 0.270 e. The van der Waals surface area contributed by atoms with E-state index in [0.717, 1.165) is 4.47 Å². The van der Waals surface area contributed by atoms with E-state index in [2.05, 4.69) is 20.9 Å². The highest BCUT2D eigenvalue weighted by Crippen LogP contribution is 2.15. The van der Waals surface area contributed by atoms with Crippen molar-refractivity contribution in [2.75, 3.05) is 19.8 Å². The number of rotatable bonds is 1. The van der Waals surface area contributed by atoms with E-state index in [1.165, 1.54) is 0 Å². The Balaban J connectivity index is 2.13. The average Bonchev–Trinajstić information content (AvgIpc) is 2.65. The monoisotopic (exact) mass is 272 g/mol. The SMILES string of the molecule is C[C@@H]1COCCN1C(=O)c1cc(Br)c[nH]1. The van der Waals surface area contributed by atoms with Crippen LogP contribution in [0.5, 0.6) is 0 Å². The highest BCUT2D eigenvalue weighted by molar-refractivity contribution is 9.10. The molecule has 82 valence electrons. The van der Waals surface area contributed by atoms with Gasteiger partial charge in [-0.3, -0.25) is 4.79 Å². The molecule has 1 aromatic rings. The normalized spacial score (nSPS) is 21.7. The summed E-state index contributed by atoms with van der Waals surface area (Å²) in [6.45, 7) is 3.90. The van der Waals surface area contributed by atoms with E-state index >= 15 is 0 Å². The first-order valence-electron chi connectivity index (χ1n) is 4.91. The van der Waals surface area contributed by atoms with Crippen molar-refractivity contribution in [2.45, 2.75) is 13.0 Å². The van der Waals surface area contributed by atoms with E-state index in [1.54, 1.807) is 12.3 Å². The summed E-state index contributed by atoms with van der Waals surface area (Å²) in [5.74, 6) is 0.0384. The Morgan fingerprint density at radius 3 is 3.13 bits per heavy atom. The molecule has 0 bridgehead atoms. The Morgan fingerprint density at radius 2 is 2.53 bits per heavy atom. The third-order valence-corrected chi connectivity index (χ3v) is 2.96. The Bertz CT molecular complexity index is 364. The lowest BCUT2D eigenvalue weighted by atomic mass is 10.2. The molecule has 0 radical (unpaired) electrons. The Labute approximate surface area is 96.7 Å². The number of hydrogen-bond acceptors (Lipinski definition) is 2. The number of amides is 1. The first kappa shape index (κ1) is 10.7. The van der Waals surface area contributed by atoms with Crippen LogP contribution in [-0.4, -0.2) is 41.6 Å². The molecule has 1 atom stereocenters. The molecule has 15 heavy (non-hydrogen) atoms. The van der Waals surface area contributed by atoms with Crippen molar-refractivity contribution in [3.8, 4) is 0 Å². The van der Waals surface area contributed by atoms with Crippen LogP contribution in [0.25, 0.3) is 0 Å². The van der Waals surface area contributed by atoms with Gasteiger partial charge < -0.3 is 14.6 Å². The number of carbonyl (C=O) groups is 1. The lowest BCUT2D eigenvalue weighted by Crippen LogP contribution is -2.47. The maximum Gasteiger partial charge on any atom is 0.270 e. The van der Waals surface area contributed by atoms with E-state index < -0.39 is 0 Å². The summed E-state index contributed by atoms with van der Waals surface area (Å²) >= 11 is 3.31. The zero-order chi connectivity index (χ0) is 10.8. The highest BCUT2D eigenvalue weighted by atomic mass is 79.9. The summed E-state index contributed by atoms with van der Waals surface area (Å²) in [5.41, 5.74) is 0.621. The van der Waals surface area contributed by atoms with E-state index in [4.69, 9.17) is 4.74 Å². The fourth-order valence-electron chi connectivity index (χ4n) is 1.67. The lowest BCUT2D eigenvalue weighted by Gasteiger charge is -2.32. The van der Waals surface area contributed by atoms with Gasteiger partial charge in [0.25, 0.3) is 5.91 Å². The maximum absolute atomic E-state index is 12.0. The molecule has 2 rings (SSSR count). The molecule has 1 aromatic heterocycles. The van der Waals surface area contributed by atoms with E-state index in [0.29, 0.717) is 25.5 Å². The number of nitrogens with zero attached hydrogens (tertiary/aromatic N) is 1. The minimum Gasteiger partial charge on any atom is -0.377 e. The molecular formula is C10H13BrN2O2. The second-order valence-corrected chi connectivity index (χ2v) is 4.57. The van der Waals surface area contributed by atoms with Crippen LogP contribution in [0.4, 0.5) is 0 Å². The summed E-state index contributed by atoms with van der Waals surface area (Å²) in [6.07, 6.45) is 1.76. The average molecular weight is 273 g/mol. The van der Waals surface area contributed by atoms with Crippen LogP contribution in [0.3, 0.4) is 0 Å². The first-order valence-corrected chi connectivity index (χ1v) is 5.70. The van der Waals surface area contributed by atoms with Gasteiger partial charge in [-0.15, -0.1) is 0 Å². The minimum atomic E-state index is 0.0384. The van der Waals surface area contributed by atoms with Gasteiger partial charge in [0.2, 0.25) is 0 Å². The molecular weight excluding hydrogens is 260 g/mol. The molecule has 1 saturated heterocycles. The fraction of sp³-hybridized carbons (Fsp3) is 0.500. The molecule has 0 unspecified atom stereocenters. The Hall–Kier alpha value is -0.810. The van der Waals surface area contributed by atoms with Gasteiger partial charge in [-0.05, 0) is 28.9 Å². The quantitative estimate of drug-likeness (QED) is 0.845. The van der Waals surface area contributed by atoms with Crippen molar-refractivity contribution in [1.82, 2.24) is 9.88 Å². The molecule has 0 aliphatic carbocycles. The van der Waals surface area contributed by atoms with Gasteiger partial charge in [0.15, 0.2) is 0 Å². The number of aromatic amines is 1. The summed E-state index contributed by atoms with van der Waals surface area (Å²) in [5, 5.41) is 0. The summed E-state index contributed by atoms with van der Waals surface area (Å²) < 4.78 is 6.19. The van der Waals surface area contributed by atoms with Crippen LogP contribution in [0.15, 0.2) is 16.7 Å². The predicted octanol–water partition coefficient (Wildman–Crippen LogP) is 1.64. The number of H-pyrrole nitrogens is 1. The van der Waals surface area contributed by atoms with Gasteiger partial charge in [-0.2, -0.15) is 0 Å². The molecule has 5 heteroatoms. The van der Waals surface area contributed by atoms with Crippen molar-refractivity contribution in [3.63, 3.8) is 0 Å². The maximum atomic E-state index is 12.0. The molecule has 1 fully saturated rings. The fourth-order valence-corrected chi connectivity index (χ4v) is 2.02. The molecule has 2 heterocycles. The van der Waals surface area contributed by atoms with Crippen LogP contribution in [0.2, 0.25) is 0 Å². The number of hydrogen-bond donors (Lipinski definition) is 1. The first-order chi connectivity index (χ1) is 7.18. The number of morpholine rings is 1. The molecule has 1 amide bonds. The molecule has 1 N–H and O–H groups in total. The van der Waals surface area contributed by atoms with Gasteiger partial charge in [0, 0.05) is 17.2 Å². The van der Waals surface area contributed by atoms with Gasteiger partial charge in [0.1, 0.15) is 5.69 Å². The summed E-state index contributed by atoms with van der Waals surface area (Å²) in [4.78, 5) is 16.8. The standard InChI is InChI=1S/C10H13BrN2O2/c1-7-6-15-3-2-13(7)10(14)9-4-8(11)5-12-9/h4-5,7,12H,2-3,6H2,1H3/t7-/m1/s1. The van der Waals surface area contributed by atoms with E-state index in [9.17, 15) is 4.79 Å². The third kappa shape index (κ3) is 2.23. The number of halogens is 1. The lowest BCUT2D eigenvalue weighted by molar-refractivity contribution is 0.00331. The molecule has 0 spiro atoms. The molecule has 0 saturated carbocycles. The number of aromatic nitrogens is 1. The minimum absolute atomic E-state index is 0.0384. The van der Waals surface area contributed by atoms with Crippen LogP contribution >= 0.6 is 15.9 Å². The predicted molar refractivity (Wildman–Crippen MR) is 59.8 cm³/mol. The van der Waals surface area contributed by atoms with Gasteiger partial charge in [0.05, 0.1) is 19.3 Å². The second kappa shape index (κ2) is 4.37. The zero-order valence-electron chi connectivity index (χ0n) is 8.50. The molecule has 0 aromatic carbocycles. The number of ether oxygens (including phenoxy) is 1. The second-order valence-electron chi connectivity index (χ2n) is 3.65. The number of nitrogens with one attached hydrogen (secondary N) is 1. The topological polar surface area (TPSA) is 45.3 Å². The van der Waals surface area contributed by atoms with Gasteiger partial charge in [-0.1, -0.05) is 0 Å². The van der Waals surface area contributed by atoms with Gasteiger partial charge in [-0.25, -0.2) is 0 Å². The highest BCUT2D eigenvalue weighted by Gasteiger charge is 2.25. The van der Waals surface area contributed by atoms with Gasteiger partial charge >= 0.3 is 0 Å². The van der Waals surface area contributed by atoms with Crippen molar-refractivity contribution >= 4 is 21.8 Å². The van der Waals surface area contributed by atoms with E-state index in [1.807, 2.05) is 11.8 Å². The summed E-state index contributed by atoms with van der Waals surface area (Å²) in [7, 11) is 0. The largest absolute Gasteiger partial charge is 0.377 e. The molecule has 4 nitrogen and oxygen atoms in total. The van der Waals surface area contributed by atoms with Crippen LogP contribution in [-0.2, 0) is 4.74 Å². The van der Waals surface area contributed by atoms with Crippen molar-refractivity contribution in [2.24, 2.45) is 0 Å². The van der Waals surface area contributed by atoms with Crippen molar-refractivity contribution < 1.29 is 9.53 Å². The third-order valence-electron chi connectivity index (χ3n) is 2.51. The molecule has 1 aliphatic rings. The van der Waals surface area contributed by atoms with Crippen molar-refractivity contribution in [3.05, 3.63) is 22.4 Å². The Kier molecular flexibility index (Phi) is 3.11. The van der Waals surface area contributed by atoms with E-state index in [-0.39, 0.29) is 11.9 Å². The van der Waals surface area contributed by atoms with Crippen LogP contribution in [0.1, 0.15) is 17.4 Å². The number of carbonyl (C=O) groups excluding carboxylic acids is 1. The summed E-state index contributed by atoms with van der Waals surface area (Å²) in [6, 6.07) is 1.94. The Morgan fingerprint density at radius 1 is 1.73 bits per heavy atom. The van der Waals surface area contributed by atoms with Crippen LogP contribution < -0.4 is 0 Å². The molecule has 1 aliphatic heterocycles.